The molecule has 1 N–H and O–H groups in total. The van der Waals surface area contributed by atoms with Crippen molar-refractivity contribution in [2.75, 3.05) is 5.32 Å². The highest BCUT2D eigenvalue weighted by molar-refractivity contribution is 5.89. The number of halogens is 4. The standard InChI is InChI=1S/C21H18F4N2O2/c1-14-2-11-19(29-14)13-27(12-15-3-7-17(22)8-4-15)20(28)26-18-9-5-16(6-10-18)21(23,24)25/h2-11H,12-13H2,1H3,(H,26,28). The van der Waals surface area contributed by atoms with Crippen LogP contribution in [-0.2, 0) is 19.3 Å². The van der Waals surface area contributed by atoms with Crippen LogP contribution in [0, 0.1) is 12.7 Å². The Kier molecular flexibility index (Phi) is 5.91. The first-order chi connectivity index (χ1) is 13.7. The third kappa shape index (κ3) is 5.60. The zero-order valence-corrected chi connectivity index (χ0v) is 15.5. The van der Waals surface area contributed by atoms with Crippen LogP contribution in [0.2, 0.25) is 0 Å². The molecule has 0 saturated carbocycles. The number of hydrogen-bond acceptors (Lipinski definition) is 2. The molecule has 152 valence electrons. The van der Waals surface area contributed by atoms with Crippen LogP contribution in [0.5, 0.6) is 0 Å². The highest BCUT2D eigenvalue weighted by atomic mass is 19.4. The van der Waals surface area contributed by atoms with Crippen LogP contribution in [-0.4, -0.2) is 10.9 Å². The molecule has 0 aliphatic rings. The number of benzene rings is 2. The fraction of sp³-hybridized carbons (Fsp3) is 0.190. The van der Waals surface area contributed by atoms with Gasteiger partial charge in [0.15, 0.2) is 0 Å². The number of carbonyl (C=O) groups excluding carboxylic acids is 1. The molecular weight excluding hydrogens is 388 g/mol. The Bertz CT molecular complexity index is 964. The molecule has 4 nitrogen and oxygen atoms in total. The van der Waals surface area contributed by atoms with E-state index in [1.54, 1.807) is 31.2 Å². The molecule has 0 aliphatic heterocycles. The van der Waals surface area contributed by atoms with E-state index in [0.29, 0.717) is 17.1 Å². The summed E-state index contributed by atoms with van der Waals surface area (Å²) in [5.41, 5.74) is 0.115. The average molecular weight is 406 g/mol. The molecule has 0 spiro atoms. The number of hydrogen-bond donors (Lipinski definition) is 1. The average Bonchev–Trinajstić information content (AvgIpc) is 3.07. The fourth-order valence-electron chi connectivity index (χ4n) is 2.71. The second-order valence-electron chi connectivity index (χ2n) is 6.50. The molecule has 1 heterocycles. The maximum Gasteiger partial charge on any atom is 0.416 e. The van der Waals surface area contributed by atoms with Gasteiger partial charge in [0, 0.05) is 12.2 Å². The van der Waals surface area contributed by atoms with Gasteiger partial charge in [0.25, 0.3) is 0 Å². The van der Waals surface area contributed by atoms with Crippen molar-refractivity contribution in [1.29, 1.82) is 0 Å². The molecular formula is C21H18F4N2O2. The first-order valence-corrected chi connectivity index (χ1v) is 8.73. The molecule has 0 saturated heterocycles. The minimum Gasteiger partial charge on any atom is -0.464 e. The second kappa shape index (κ2) is 8.38. The molecule has 1 aromatic heterocycles. The van der Waals surface area contributed by atoms with Gasteiger partial charge in [-0.3, -0.25) is 0 Å². The van der Waals surface area contributed by atoms with Gasteiger partial charge >= 0.3 is 12.2 Å². The lowest BCUT2D eigenvalue weighted by Gasteiger charge is -2.22. The Morgan fingerprint density at radius 2 is 1.62 bits per heavy atom. The number of rotatable bonds is 5. The van der Waals surface area contributed by atoms with Crippen molar-refractivity contribution in [2.24, 2.45) is 0 Å². The number of furan rings is 1. The van der Waals surface area contributed by atoms with Gasteiger partial charge in [-0.2, -0.15) is 13.2 Å². The monoisotopic (exact) mass is 406 g/mol. The number of nitrogens with one attached hydrogen (secondary N) is 1. The minimum atomic E-state index is -4.45. The lowest BCUT2D eigenvalue weighted by Crippen LogP contribution is -2.34. The summed E-state index contributed by atoms with van der Waals surface area (Å²) in [6.07, 6.45) is -4.45. The Morgan fingerprint density at radius 3 is 2.17 bits per heavy atom. The van der Waals surface area contributed by atoms with E-state index < -0.39 is 23.6 Å². The third-order valence-corrected chi connectivity index (χ3v) is 4.18. The molecule has 29 heavy (non-hydrogen) atoms. The summed E-state index contributed by atoms with van der Waals surface area (Å²) in [4.78, 5) is 14.2. The Labute approximate surface area is 164 Å². The third-order valence-electron chi connectivity index (χ3n) is 4.18. The number of amides is 2. The van der Waals surface area contributed by atoms with Gasteiger partial charge in [0.2, 0.25) is 0 Å². The van der Waals surface area contributed by atoms with Crippen molar-refractivity contribution < 1.29 is 26.8 Å². The van der Waals surface area contributed by atoms with Gasteiger partial charge in [0.05, 0.1) is 12.1 Å². The number of carbonyl (C=O) groups is 1. The molecule has 8 heteroatoms. The van der Waals surface area contributed by atoms with Crippen molar-refractivity contribution in [3.8, 4) is 0 Å². The molecule has 2 amide bonds. The topological polar surface area (TPSA) is 45.5 Å². The van der Waals surface area contributed by atoms with Gasteiger partial charge in [-0.25, -0.2) is 9.18 Å². The van der Waals surface area contributed by atoms with Gasteiger partial charge in [-0.1, -0.05) is 12.1 Å². The molecule has 0 aliphatic carbocycles. The van der Waals surface area contributed by atoms with Crippen LogP contribution < -0.4 is 5.32 Å². The van der Waals surface area contributed by atoms with E-state index in [1.165, 1.54) is 29.2 Å². The number of aryl methyl sites for hydroxylation is 1. The first kappa shape index (κ1) is 20.4. The highest BCUT2D eigenvalue weighted by Gasteiger charge is 2.30. The smallest absolute Gasteiger partial charge is 0.416 e. The van der Waals surface area contributed by atoms with Crippen molar-refractivity contribution in [3.05, 3.63) is 89.1 Å². The van der Waals surface area contributed by atoms with Crippen LogP contribution in [0.15, 0.2) is 65.1 Å². The normalized spacial score (nSPS) is 11.3. The largest absolute Gasteiger partial charge is 0.464 e. The predicted molar refractivity (Wildman–Crippen MR) is 99.6 cm³/mol. The minimum absolute atomic E-state index is 0.137. The van der Waals surface area contributed by atoms with Gasteiger partial charge in [0.1, 0.15) is 17.3 Å². The summed E-state index contributed by atoms with van der Waals surface area (Å²) < 4.78 is 56.7. The van der Waals surface area contributed by atoms with Crippen LogP contribution in [0.1, 0.15) is 22.6 Å². The van der Waals surface area contributed by atoms with Crippen molar-refractivity contribution in [1.82, 2.24) is 4.90 Å². The van der Waals surface area contributed by atoms with Crippen LogP contribution in [0.4, 0.5) is 28.0 Å². The summed E-state index contributed by atoms with van der Waals surface area (Å²) in [6, 6.07) is 12.8. The van der Waals surface area contributed by atoms with Crippen molar-refractivity contribution in [2.45, 2.75) is 26.2 Å². The maximum atomic E-state index is 13.1. The zero-order chi connectivity index (χ0) is 21.0. The zero-order valence-electron chi connectivity index (χ0n) is 15.5. The predicted octanol–water partition coefficient (Wildman–Crippen LogP) is 5.98. The summed E-state index contributed by atoms with van der Waals surface area (Å²) in [5, 5.41) is 2.58. The molecule has 0 radical (unpaired) electrons. The molecule has 3 aromatic rings. The van der Waals surface area contributed by atoms with Gasteiger partial charge in [-0.05, 0) is 61.0 Å². The fourth-order valence-corrected chi connectivity index (χ4v) is 2.71. The van der Waals surface area contributed by atoms with E-state index in [2.05, 4.69) is 5.32 Å². The maximum absolute atomic E-state index is 13.1. The quantitative estimate of drug-likeness (QED) is 0.530. The Hall–Kier alpha value is -3.29. The van der Waals surface area contributed by atoms with E-state index in [1.807, 2.05) is 0 Å². The summed E-state index contributed by atoms with van der Waals surface area (Å²) in [5.74, 6) is 0.841. The van der Waals surface area contributed by atoms with E-state index >= 15 is 0 Å². The SMILES string of the molecule is Cc1ccc(CN(Cc2ccc(F)cc2)C(=O)Nc2ccc(C(F)(F)F)cc2)o1. The molecule has 0 atom stereocenters. The number of nitrogens with zero attached hydrogens (tertiary/aromatic N) is 1. The van der Waals surface area contributed by atoms with E-state index in [-0.39, 0.29) is 18.8 Å². The number of anilines is 1. The van der Waals surface area contributed by atoms with E-state index in [4.69, 9.17) is 4.42 Å². The summed E-state index contributed by atoms with van der Waals surface area (Å²) >= 11 is 0. The van der Waals surface area contributed by atoms with Crippen molar-refractivity contribution in [3.63, 3.8) is 0 Å². The Morgan fingerprint density at radius 1 is 0.966 bits per heavy atom. The van der Waals surface area contributed by atoms with Crippen molar-refractivity contribution >= 4 is 11.7 Å². The van der Waals surface area contributed by atoms with E-state index in [9.17, 15) is 22.4 Å². The number of urea groups is 1. The molecule has 0 fully saturated rings. The van der Waals surface area contributed by atoms with Crippen LogP contribution in [0.3, 0.4) is 0 Å². The Balaban J connectivity index is 1.76. The van der Waals surface area contributed by atoms with Crippen LogP contribution in [0.25, 0.3) is 0 Å². The molecule has 0 unspecified atom stereocenters. The summed E-state index contributed by atoms with van der Waals surface area (Å²) in [7, 11) is 0. The van der Waals surface area contributed by atoms with Crippen LogP contribution >= 0.6 is 0 Å². The van der Waals surface area contributed by atoms with Gasteiger partial charge in [-0.15, -0.1) is 0 Å². The number of alkyl halides is 3. The van der Waals surface area contributed by atoms with Gasteiger partial charge < -0.3 is 14.6 Å². The summed E-state index contributed by atoms with van der Waals surface area (Å²) in [6.45, 7) is 2.07. The second-order valence-corrected chi connectivity index (χ2v) is 6.50. The first-order valence-electron chi connectivity index (χ1n) is 8.73. The highest BCUT2D eigenvalue weighted by Crippen LogP contribution is 2.30. The lowest BCUT2D eigenvalue weighted by atomic mass is 10.2. The lowest BCUT2D eigenvalue weighted by molar-refractivity contribution is -0.137. The molecule has 0 bridgehead atoms. The molecule has 3 rings (SSSR count). The molecule has 2 aromatic carbocycles. The van der Waals surface area contributed by atoms with E-state index in [0.717, 1.165) is 12.1 Å².